The lowest BCUT2D eigenvalue weighted by molar-refractivity contribution is -0.140. The lowest BCUT2D eigenvalue weighted by Crippen LogP contribution is -2.38. The maximum Gasteiger partial charge on any atom is 0.295 e. The van der Waals surface area contributed by atoms with Crippen molar-refractivity contribution in [2.24, 2.45) is 0 Å². The van der Waals surface area contributed by atoms with Gasteiger partial charge in [-0.2, -0.15) is 0 Å². The van der Waals surface area contributed by atoms with E-state index in [4.69, 9.17) is 11.6 Å². The van der Waals surface area contributed by atoms with Crippen molar-refractivity contribution in [2.45, 2.75) is 26.8 Å². The largest absolute Gasteiger partial charge is 0.507 e. The SMILES string of the molecule is CCN(CC)CCN1C(=O)C(=O)C(=C(O)c2ccc(C)cc2)[C@H]1c1ccc(Cl)cc1. The molecule has 0 spiro atoms. The molecule has 0 bridgehead atoms. The first-order chi connectivity index (χ1) is 14.4. The Kier molecular flexibility index (Phi) is 6.95. The molecule has 1 saturated heterocycles. The third kappa shape index (κ3) is 4.42. The maximum absolute atomic E-state index is 13.0. The number of nitrogens with zero attached hydrogens (tertiary/aromatic N) is 2. The van der Waals surface area contributed by atoms with Crippen molar-refractivity contribution < 1.29 is 14.7 Å². The highest BCUT2D eigenvalue weighted by atomic mass is 35.5. The van der Waals surface area contributed by atoms with Gasteiger partial charge in [0.2, 0.25) is 0 Å². The summed E-state index contributed by atoms with van der Waals surface area (Å²) < 4.78 is 0. The molecule has 158 valence electrons. The third-order valence-electron chi connectivity index (χ3n) is 5.60. The van der Waals surface area contributed by atoms with E-state index in [0.717, 1.165) is 24.2 Å². The molecule has 2 aromatic rings. The van der Waals surface area contributed by atoms with Crippen molar-refractivity contribution in [2.75, 3.05) is 26.2 Å². The topological polar surface area (TPSA) is 60.9 Å². The number of carbonyl (C=O) groups is 2. The normalized spacial score (nSPS) is 18.4. The number of aryl methyl sites for hydroxylation is 1. The number of likely N-dealkylation sites (N-methyl/N-ethyl adjacent to an activating group) is 1. The van der Waals surface area contributed by atoms with Gasteiger partial charge in [-0.05, 0) is 37.7 Å². The molecule has 1 N–H and O–H groups in total. The highest BCUT2D eigenvalue weighted by Gasteiger charge is 2.45. The summed E-state index contributed by atoms with van der Waals surface area (Å²) in [6.07, 6.45) is 0. The smallest absolute Gasteiger partial charge is 0.295 e. The van der Waals surface area contributed by atoms with Gasteiger partial charge in [-0.25, -0.2) is 0 Å². The van der Waals surface area contributed by atoms with E-state index in [9.17, 15) is 14.7 Å². The van der Waals surface area contributed by atoms with Crippen LogP contribution in [0.4, 0.5) is 0 Å². The van der Waals surface area contributed by atoms with Gasteiger partial charge in [0.1, 0.15) is 5.76 Å². The molecule has 1 aliphatic rings. The average molecular weight is 427 g/mol. The highest BCUT2D eigenvalue weighted by molar-refractivity contribution is 6.46. The summed E-state index contributed by atoms with van der Waals surface area (Å²) >= 11 is 6.05. The molecular formula is C24H27ClN2O3. The molecule has 1 amide bonds. The van der Waals surface area contributed by atoms with E-state index in [1.54, 1.807) is 41.3 Å². The van der Waals surface area contributed by atoms with Crippen LogP contribution in [0.5, 0.6) is 0 Å². The molecule has 1 heterocycles. The number of hydrogen-bond acceptors (Lipinski definition) is 4. The quantitative estimate of drug-likeness (QED) is 0.404. The fraction of sp³-hybridized carbons (Fsp3) is 0.333. The minimum absolute atomic E-state index is 0.116. The van der Waals surface area contributed by atoms with Crippen LogP contribution < -0.4 is 0 Å². The van der Waals surface area contributed by atoms with Gasteiger partial charge in [0.15, 0.2) is 0 Å². The van der Waals surface area contributed by atoms with E-state index in [-0.39, 0.29) is 11.3 Å². The molecule has 0 radical (unpaired) electrons. The Bertz CT molecular complexity index is 947. The molecule has 0 unspecified atom stereocenters. The highest BCUT2D eigenvalue weighted by Crippen LogP contribution is 2.39. The minimum Gasteiger partial charge on any atom is -0.507 e. The van der Waals surface area contributed by atoms with E-state index in [2.05, 4.69) is 18.7 Å². The Labute approximate surface area is 182 Å². The summed E-state index contributed by atoms with van der Waals surface area (Å²) in [4.78, 5) is 29.7. The van der Waals surface area contributed by atoms with Crippen LogP contribution in [0.1, 0.15) is 36.6 Å². The number of ketones is 1. The van der Waals surface area contributed by atoms with Crippen LogP contribution >= 0.6 is 11.6 Å². The lowest BCUT2D eigenvalue weighted by Gasteiger charge is -2.28. The second-order valence-corrected chi connectivity index (χ2v) is 7.87. The molecule has 1 aliphatic heterocycles. The van der Waals surface area contributed by atoms with Crippen molar-refractivity contribution in [3.05, 3.63) is 75.8 Å². The van der Waals surface area contributed by atoms with Gasteiger partial charge in [-0.1, -0.05) is 67.4 Å². The minimum atomic E-state index is -0.660. The molecule has 1 atom stereocenters. The Balaban J connectivity index is 2.08. The molecule has 1 fully saturated rings. The first-order valence-electron chi connectivity index (χ1n) is 10.2. The summed E-state index contributed by atoms with van der Waals surface area (Å²) in [7, 11) is 0. The summed E-state index contributed by atoms with van der Waals surface area (Å²) in [6, 6.07) is 13.6. The van der Waals surface area contributed by atoms with Gasteiger partial charge >= 0.3 is 0 Å². The first kappa shape index (κ1) is 22.1. The number of Topliss-reactive ketones (excluding diaryl/α,β-unsaturated/α-hetero) is 1. The Morgan fingerprint density at radius 1 is 1.03 bits per heavy atom. The first-order valence-corrected chi connectivity index (χ1v) is 10.6. The summed E-state index contributed by atoms with van der Waals surface area (Å²) in [5.41, 5.74) is 2.42. The predicted octanol–water partition coefficient (Wildman–Crippen LogP) is 4.41. The number of benzene rings is 2. The van der Waals surface area contributed by atoms with Crippen LogP contribution in [0.3, 0.4) is 0 Å². The zero-order valence-electron chi connectivity index (χ0n) is 17.6. The average Bonchev–Trinajstić information content (AvgIpc) is 3.00. The third-order valence-corrected chi connectivity index (χ3v) is 5.85. The van der Waals surface area contributed by atoms with Crippen LogP contribution in [0.2, 0.25) is 5.02 Å². The number of carbonyl (C=O) groups excluding carboxylic acids is 2. The number of rotatable bonds is 7. The summed E-state index contributed by atoms with van der Waals surface area (Å²) in [6.45, 7) is 8.82. The van der Waals surface area contributed by atoms with Gasteiger partial charge in [-0.15, -0.1) is 0 Å². The van der Waals surface area contributed by atoms with Crippen molar-refractivity contribution in [1.29, 1.82) is 0 Å². The maximum atomic E-state index is 13.0. The Hall–Kier alpha value is -2.63. The van der Waals surface area contributed by atoms with Gasteiger partial charge in [0.05, 0.1) is 11.6 Å². The van der Waals surface area contributed by atoms with E-state index in [0.29, 0.717) is 23.7 Å². The number of likely N-dealkylation sites (tertiary alicyclic amines) is 1. The molecule has 0 aliphatic carbocycles. The number of halogens is 1. The van der Waals surface area contributed by atoms with Crippen LogP contribution in [-0.4, -0.2) is 52.8 Å². The van der Waals surface area contributed by atoms with Gasteiger partial charge in [-0.3, -0.25) is 9.59 Å². The predicted molar refractivity (Wildman–Crippen MR) is 119 cm³/mol. The van der Waals surface area contributed by atoms with Crippen molar-refractivity contribution in [3.63, 3.8) is 0 Å². The molecular weight excluding hydrogens is 400 g/mol. The lowest BCUT2D eigenvalue weighted by atomic mass is 9.95. The van der Waals surface area contributed by atoms with E-state index >= 15 is 0 Å². The fourth-order valence-corrected chi connectivity index (χ4v) is 3.88. The second kappa shape index (κ2) is 9.45. The van der Waals surface area contributed by atoms with Gasteiger partial charge < -0.3 is 14.9 Å². The molecule has 0 aromatic heterocycles. The van der Waals surface area contributed by atoms with E-state index in [1.165, 1.54) is 0 Å². The Morgan fingerprint density at radius 2 is 1.63 bits per heavy atom. The molecule has 6 heteroatoms. The second-order valence-electron chi connectivity index (χ2n) is 7.44. The number of aliphatic hydroxyl groups excluding tert-OH is 1. The molecule has 30 heavy (non-hydrogen) atoms. The van der Waals surface area contributed by atoms with E-state index < -0.39 is 17.7 Å². The van der Waals surface area contributed by atoms with Gasteiger partial charge in [0, 0.05) is 23.7 Å². The van der Waals surface area contributed by atoms with Crippen LogP contribution in [0.15, 0.2) is 54.1 Å². The summed E-state index contributed by atoms with van der Waals surface area (Å²) in [5.74, 6) is -1.40. The van der Waals surface area contributed by atoms with Crippen molar-refractivity contribution in [3.8, 4) is 0 Å². The molecule has 2 aromatic carbocycles. The zero-order valence-corrected chi connectivity index (χ0v) is 18.3. The zero-order chi connectivity index (χ0) is 21.8. The van der Waals surface area contributed by atoms with Crippen LogP contribution in [-0.2, 0) is 9.59 Å². The van der Waals surface area contributed by atoms with Gasteiger partial charge in [0.25, 0.3) is 11.7 Å². The summed E-state index contributed by atoms with van der Waals surface area (Å²) in [5, 5.41) is 11.6. The van der Waals surface area contributed by atoms with E-state index in [1.807, 2.05) is 19.1 Å². The Morgan fingerprint density at radius 3 is 2.20 bits per heavy atom. The molecule has 0 saturated carbocycles. The van der Waals surface area contributed by atoms with Crippen LogP contribution in [0, 0.1) is 6.92 Å². The van der Waals surface area contributed by atoms with Crippen molar-refractivity contribution >= 4 is 29.1 Å². The fourth-order valence-electron chi connectivity index (χ4n) is 3.76. The van der Waals surface area contributed by atoms with Crippen LogP contribution in [0.25, 0.3) is 5.76 Å². The molecule has 5 nitrogen and oxygen atoms in total. The van der Waals surface area contributed by atoms with Crippen molar-refractivity contribution in [1.82, 2.24) is 9.80 Å². The monoisotopic (exact) mass is 426 g/mol. The standard InChI is InChI=1S/C24H27ClN2O3/c1-4-26(5-2)14-15-27-21(17-10-12-19(25)13-11-17)20(23(29)24(27)30)22(28)18-8-6-16(3)7-9-18/h6-13,21,28H,4-5,14-15H2,1-3H3/t21-/m1/s1. The number of amides is 1. The number of hydrogen-bond donors (Lipinski definition) is 1. The number of aliphatic hydroxyl groups is 1. The molecule has 3 rings (SSSR count).